The fourth-order valence-corrected chi connectivity index (χ4v) is 2.55. The van der Waals surface area contributed by atoms with Crippen molar-refractivity contribution < 1.29 is 23.8 Å². The number of carbonyl (C=O) groups is 2. The summed E-state index contributed by atoms with van der Waals surface area (Å²) in [5.41, 5.74) is -0.188. The highest BCUT2D eigenvalue weighted by Gasteiger charge is 2.56. The average molecular weight is 305 g/mol. The van der Waals surface area contributed by atoms with E-state index in [1.165, 1.54) is 7.11 Å². The smallest absolute Gasteiger partial charge is 0.409 e. The van der Waals surface area contributed by atoms with Crippen LogP contribution >= 0.6 is 0 Å². The molecule has 1 fully saturated rings. The first-order chi connectivity index (χ1) is 10.5. The Morgan fingerprint density at radius 1 is 1.41 bits per heavy atom. The molecule has 2 atom stereocenters. The van der Waals surface area contributed by atoms with Crippen LogP contribution in [0.1, 0.15) is 18.4 Å². The van der Waals surface area contributed by atoms with E-state index in [2.05, 4.69) is 16.6 Å². The van der Waals surface area contributed by atoms with Crippen LogP contribution in [0, 0.1) is 0 Å². The molecule has 0 spiro atoms. The number of esters is 1. The summed E-state index contributed by atoms with van der Waals surface area (Å²) in [7, 11) is 1.22. The minimum absolute atomic E-state index is 0.141. The lowest BCUT2D eigenvalue weighted by atomic mass is 9.85. The summed E-state index contributed by atoms with van der Waals surface area (Å²) in [4.78, 5) is 24.2. The highest BCUT2D eigenvalue weighted by Crippen LogP contribution is 2.42. The number of alkyl carbamates (subject to hydrolysis) is 1. The second-order valence-corrected chi connectivity index (χ2v) is 4.86. The number of rotatable bonds is 4. The molecule has 0 bridgehead atoms. The Bertz CT molecular complexity index is 571. The summed E-state index contributed by atoms with van der Waals surface area (Å²) in [5.74, 6) is -1.22. The Morgan fingerprint density at radius 2 is 2.09 bits per heavy atom. The average Bonchev–Trinajstić information content (AvgIpc) is 2.86. The fraction of sp³-hybridized carbons (Fsp3) is 0.375. The maximum atomic E-state index is 12.5. The summed E-state index contributed by atoms with van der Waals surface area (Å²) in [6, 6.07) is 9.24. The Morgan fingerprint density at radius 3 is 2.68 bits per heavy atom. The third kappa shape index (κ3) is 2.82. The van der Waals surface area contributed by atoms with Crippen molar-refractivity contribution in [3.8, 4) is 0 Å². The van der Waals surface area contributed by atoms with E-state index in [0.717, 1.165) is 5.56 Å². The lowest BCUT2D eigenvalue weighted by molar-refractivity contribution is -0.171. The second kappa shape index (κ2) is 6.62. The van der Waals surface area contributed by atoms with Crippen LogP contribution < -0.4 is 5.32 Å². The predicted molar refractivity (Wildman–Crippen MR) is 79.2 cm³/mol. The third-order valence-electron chi connectivity index (χ3n) is 3.48. The van der Waals surface area contributed by atoms with Gasteiger partial charge in [0, 0.05) is 0 Å². The quantitative estimate of drug-likeness (QED) is 0.680. The van der Waals surface area contributed by atoms with Crippen molar-refractivity contribution in [2.45, 2.75) is 18.6 Å². The molecule has 0 unspecified atom stereocenters. The summed E-state index contributed by atoms with van der Waals surface area (Å²) >= 11 is 0. The third-order valence-corrected chi connectivity index (χ3v) is 3.48. The van der Waals surface area contributed by atoms with Crippen molar-refractivity contribution in [3.63, 3.8) is 0 Å². The highest BCUT2D eigenvalue weighted by atomic mass is 16.6. The Labute approximate surface area is 129 Å². The number of nitrogens with one attached hydrogen (secondary N) is 1. The van der Waals surface area contributed by atoms with Gasteiger partial charge in [-0.15, -0.1) is 0 Å². The number of hydrogen-bond donors (Lipinski definition) is 1. The Kier molecular flexibility index (Phi) is 4.82. The molecular formula is C16H19NO5. The van der Waals surface area contributed by atoms with Crippen LogP contribution in [0.2, 0.25) is 0 Å². The van der Waals surface area contributed by atoms with Crippen LogP contribution in [0.25, 0.3) is 0 Å². The molecule has 1 aliphatic heterocycles. The van der Waals surface area contributed by atoms with Crippen molar-refractivity contribution in [2.75, 3.05) is 20.3 Å². The van der Waals surface area contributed by atoms with Gasteiger partial charge in [-0.05, 0) is 18.1 Å². The maximum absolute atomic E-state index is 12.5. The first-order valence-corrected chi connectivity index (χ1v) is 6.95. The van der Waals surface area contributed by atoms with Crippen LogP contribution in [0.5, 0.6) is 0 Å². The van der Waals surface area contributed by atoms with E-state index in [0.29, 0.717) is 5.57 Å². The molecule has 1 heterocycles. The molecule has 1 aromatic carbocycles. The zero-order valence-corrected chi connectivity index (χ0v) is 12.6. The molecule has 0 aliphatic carbocycles. The molecule has 1 N–H and O–H groups in total. The molecule has 118 valence electrons. The van der Waals surface area contributed by atoms with Crippen LogP contribution in [0.4, 0.5) is 4.79 Å². The van der Waals surface area contributed by atoms with Gasteiger partial charge in [0.15, 0.2) is 0 Å². The lowest BCUT2D eigenvalue weighted by Gasteiger charge is -2.32. The van der Waals surface area contributed by atoms with Crippen molar-refractivity contribution in [1.29, 1.82) is 0 Å². The van der Waals surface area contributed by atoms with Crippen molar-refractivity contribution in [3.05, 3.63) is 48.0 Å². The Hall–Kier alpha value is -2.34. The Balaban J connectivity index is 2.47. The summed E-state index contributed by atoms with van der Waals surface area (Å²) in [6.07, 6.45) is -0.774. The topological polar surface area (TPSA) is 73.9 Å². The van der Waals surface area contributed by atoms with E-state index in [1.54, 1.807) is 6.92 Å². The van der Waals surface area contributed by atoms with Gasteiger partial charge in [-0.1, -0.05) is 36.9 Å². The van der Waals surface area contributed by atoms with E-state index >= 15 is 0 Å². The van der Waals surface area contributed by atoms with Gasteiger partial charge in [0.1, 0.15) is 0 Å². The normalized spacial score (nSPS) is 23.9. The monoisotopic (exact) mass is 305 g/mol. The van der Waals surface area contributed by atoms with E-state index in [4.69, 9.17) is 9.47 Å². The van der Waals surface area contributed by atoms with E-state index < -0.39 is 23.7 Å². The van der Waals surface area contributed by atoms with Crippen LogP contribution in [0.15, 0.2) is 42.5 Å². The number of carbonyl (C=O) groups excluding carboxylic acids is 2. The number of amides is 1. The van der Waals surface area contributed by atoms with Gasteiger partial charge in [0.05, 0.1) is 26.2 Å². The maximum Gasteiger partial charge on any atom is 0.409 e. The van der Waals surface area contributed by atoms with Gasteiger partial charge >= 0.3 is 12.1 Å². The standard InChI is InChI=1S/C16H19NO5/c1-4-21-14(18)16(17-15(19)20-3)13(11(2)10-22-16)12-8-6-5-7-9-12/h5-9,13H,2,4,10H2,1,3H3,(H,17,19)/t13-,16-/m0/s1. The first-order valence-electron chi connectivity index (χ1n) is 6.95. The van der Waals surface area contributed by atoms with E-state index in [1.807, 2.05) is 30.3 Å². The second-order valence-electron chi connectivity index (χ2n) is 4.86. The minimum Gasteiger partial charge on any atom is -0.462 e. The van der Waals surface area contributed by atoms with Gasteiger partial charge in [0.2, 0.25) is 0 Å². The van der Waals surface area contributed by atoms with Gasteiger partial charge in [-0.25, -0.2) is 9.59 Å². The number of ether oxygens (including phenoxy) is 3. The van der Waals surface area contributed by atoms with Crippen LogP contribution in [-0.4, -0.2) is 38.1 Å². The zero-order valence-electron chi connectivity index (χ0n) is 12.6. The summed E-state index contributed by atoms with van der Waals surface area (Å²) in [6.45, 7) is 5.95. The van der Waals surface area contributed by atoms with Gasteiger partial charge in [0.25, 0.3) is 5.72 Å². The molecule has 22 heavy (non-hydrogen) atoms. The molecule has 1 aromatic rings. The molecule has 0 aromatic heterocycles. The SMILES string of the molecule is C=C1CO[C@](NC(=O)OC)(C(=O)OCC)[C@@H]1c1ccccc1. The van der Waals surface area contributed by atoms with Crippen molar-refractivity contribution in [1.82, 2.24) is 5.32 Å². The molecule has 1 amide bonds. The van der Waals surface area contributed by atoms with Crippen molar-refractivity contribution in [2.24, 2.45) is 0 Å². The fourth-order valence-electron chi connectivity index (χ4n) is 2.55. The number of hydrogen-bond acceptors (Lipinski definition) is 5. The highest BCUT2D eigenvalue weighted by molar-refractivity contribution is 5.87. The molecule has 6 nitrogen and oxygen atoms in total. The van der Waals surface area contributed by atoms with E-state index in [9.17, 15) is 9.59 Å². The molecule has 1 saturated heterocycles. The van der Waals surface area contributed by atoms with E-state index in [-0.39, 0.29) is 13.2 Å². The summed E-state index contributed by atoms with van der Waals surface area (Å²) in [5, 5.41) is 2.49. The number of methoxy groups -OCH3 is 1. The molecule has 1 aliphatic rings. The first kappa shape index (κ1) is 16.0. The van der Waals surface area contributed by atoms with Crippen LogP contribution in [-0.2, 0) is 19.0 Å². The minimum atomic E-state index is -1.67. The number of benzene rings is 1. The van der Waals surface area contributed by atoms with Crippen LogP contribution in [0.3, 0.4) is 0 Å². The molecule has 2 rings (SSSR count). The zero-order chi connectivity index (χ0) is 16.2. The molecule has 6 heteroatoms. The molecule has 0 radical (unpaired) electrons. The van der Waals surface area contributed by atoms with Gasteiger partial charge in [-0.2, -0.15) is 0 Å². The molecular weight excluding hydrogens is 286 g/mol. The van der Waals surface area contributed by atoms with Gasteiger partial charge in [-0.3, -0.25) is 5.32 Å². The molecule has 0 saturated carbocycles. The lowest BCUT2D eigenvalue weighted by Crippen LogP contribution is -2.58. The largest absolute Gasteiger partial charge is 0.462 e. The predicted octanol–water partition coefficient (Wildman–Crippen LogP) is 1.97. The van der Waals surface area contributed by atoms with Crippen molar-refractivity contribution >= 4 is 12.1 Å². The summed E-state index contributed by atoms with van der Waals surface area (Å²) < 4.78 is 15.3. The van der Waals surface area contributed by atoms with Gasteiger partial charge < -0.3 is 14.2 Å².